The predicted octanol–water partition coefficient (Wildman–Crippen LogP) is 6.96. The van der Waals surface area contributed by atoms with Crippen LogP contribution in [0, 0.1) is 20.8 Å². The van der Waals surface area contributed by atoms with Crippen LogP contribution in [0.2, 0.25) is 0 Å². The number of hydrogen-bond donors (Lipinski definition) is 0. The highest BCUT2D eigenvalue weighted by Gasteiger charge is 2.34. The molecule has 3 heteroatoms. The van der Waals surface area contributed by atoms with Crippen molar-refractivity contribution < 1.29 is 9.30 Å². The number of rotatable bonds is 1. The fraction of sp³-hybridized carbons (Fsp3) is 0.357. The second kappa shape index (κ2) is 6.78. The van der Waals surface area contributed by atoms with Crippen LogP contribution in [0.1, 0.15) is 60.3 Å². The first-order valence-corrected chi connectivity index (χ1v) is 11.6. The van der Waals surface area contributed by atoms with Crippen molar-refractivity contribution in [2.45, 2.75) is 58.8 Å². The molecular formula is C28H29N2O+. The van der Waals surface area contributed by atoms with E-state index in [1.807, 2.05) is 0 Å². The molecule has 1 aliphatic carbocycles. The number of hydrogen-bond acceptors (Lipinski definition) is 2. The predicted molar refractivity (Wildman–Crippen MR) is 126 cm³/mol. The van der Waals surface area contributed by atoms with E-state index < -0.39 is 0 Å². The fourth-order valence-corrected chi connectivity index (χ4v) is 5.82. The molecule has 3 aromatic carbocycles. The lowest BCUT2D eigenvalue weighted by molar-refractivity contribution is -0.634. The maximum Gasteiger partial charge on any atom is 0.294 e. The van der Waals surface area contributed by atoms with Crippen LogP contribution in [0.5, 0.6) is 11.6 Å². The van der Waals surface area contributed by atoms with Crippen LogP contribution >= 0.6 is 0 Å². The van der Waals surface area contributed by atoms with Crippen LogP contribution in [0.3, 0.4) is 0 Å². The van der Waals surface area contributed by atoms with E-state index in [2.05, 4.69) is 68.8 Å². The van der Waals surface area contributed by atoms with Crippen molar-refractivity contribution in [1.82, 2.24) is 4.98 Å². The average molecular weight is 410 g/mol. The highest BCUT2D eigenvalue weighted by atomic mass is 16.5. The van der Waals surface area contributed by atoms with Crippen molar-refractivity contribution in [3.63, 3.8) is 0 Å². The van der Waals surface area contributed by atoms with E-state index in [4.69, 9.17) is 9.72 Å². The van der Waals surface area contributed by atoms with Gasteiger partial charge in [0.2, 0.25) is 5.52 Å². The fourth-order valence-electron chi connectivity index (χ4n) is 5.82. The average Bonchev–Trinajstić information content (AvgIpc) is 2.76. The molecular weight excluding hydrogens is 380 g/mol. The largest absolute Gasteiger partial charge is 0.433 e. The van der Waals surface area contributed by atoms with Gasteiger partial charge in [-0.2, -0.15) is 4.57 Å². The van der Waals surface area contributed by atoms with Crippen molar-refractivity contribution in [3.8, 4) is 22.9 Å². The standard InChI is InChI=1S/C28H29N2O/c1-16-13-20-15-17(2)18(3)24-25(20)23(14-16)31-28-27(24)30(4)22-12-8-11-21(26(22)29-28)19-9-6-5-7-10-19/h8,11-15,19H,5-7,9-10H2,1-4H3/q+1. The lowest BCUT2D eigenvalue weighted by atomic mass is 9.83. The van der Waals surface area contributed by atoms with Gasteiger partial charge in [-0.3, -0.25) is 0 Å². The van der Waals surface area contributed by atoms with E-state index in [1.54, 1.807) is 0 Å². The number of fused-ring (bicyclic) bond motifs is 3. The maximum atomic E-state index is 6.52. The van der Waals surface area contributed by atoms with Crippen LogP contribution in [0.15, 0.2) is 36.4 Å². The first-order chi connectivity index (χ1) is 15.0. The van der Waals surface area contributed by atoms with Gasteiger partial charge in [0.15, 0.2) is 0 Å². The molecule has 156 valence electrons. The quantitative estimate of drug-likeness (QED) is 0.280. The molecule has 0 amide bonds. The van der Waals surface area contributed by atoms with Gasteiger partial charge in [-0.25, -0.2) is 4.98 Å². The molecule has 1 aromatic heterocycles. The molecule has 0 N–H and O–H groups in total. The lowest BCUT2D eigenvalue weighted by Gasteiger charge is -2.24. The SMILES string of the molecule is Cc1cc2c3c(c(C)c(C)cc3c1)-c1c(nc3c(C4CCCCC4)cccc3[n+]1C)O2. The Hall–Kier alpha value is -2.94. The highest BCUT2D eigenvalue weighted by Crippen LogP contribution is 2.48. The van der Waals surface area contributed by atoms with Crippen LogP contribution in [-0.2, 0) is 7.05 Å². The number of ether oxygens (including phenoxy) is 1. The van der Waals surface area contributed by atoms with Gasteiger partial charge < -0.3 is 4.74 Å². The van der Waals surface area contributed by atoms with Gasteiger partial charge >= 0.3 is 0 Å². The minimum atomic E-state index is 0.605. The summed E-state index contributed by atoms with van der Waals surface area (Å²) in [7, 11) is 2.17. The summed E-state index contributed by atoms with van der Waals surface area (Å²) in [6.45, 7) is 6.57. The van der Waals surface area contributed by atoms with Gasteiger partial charge in [0, 0.05) is 11.5 Å². The van der Waals surface area contributed by atoms with Gasteiger partial charge in [-0.1, -0.05) is 43.5 Å². The van der Waals surface area contributed by atoms with Gasteiger partial charge in [0.25, 0.3) is 11.6 Å². The molecule has 31 heavy (non-hydrogen) atoms. The number of aryl methyl sites for hydroxylation is 3. The van der Waals surface area contributed by atoms with E-state index in [1.165, 1.54) is 76.2 Å². The van der Waals surface area contributed by atoms with Crippen molar-refractivity contribution in [2.75, 3.05) is 0 Å². The third-order valence-electron chi connectivity index (χ3n) is 7.51. The maximum absolute atomic E-state index is 6.52. The van der Waals surface area contributed by atoms with E-state index in [0.717, 1.165) is 22.8 Å². The molecule has 0 bridgehead atoms. The normalized spacial score (nSPS) is 15.9. The first kappa shape index (κ1) is 18.8. The van der Waals surface area contributed by atoms with Crippen LogP contribution < -0.4 is 9.30 Å². The minimum absolute atomic E-state index is 0.605. The molecule has 0 unspecified atom stereocenters. The smallest absolute Gasteiger partial charge is 0.294 e. The van der Waals surface area contributed by atoms with E-state index >= 15 is 0 Å². The molecule has 1 saturated carbocycles. The summed E-state index contributed by atoms with van der Waals surface area (Å²) in [5.74, 6) is 2.28. The topological polar surface area (TPSA) is 26.0 Å². The van der Waals surface area contributed by atoms with Crippen LogP contribution in [-0.4, -0.2) is 4.98 Å². The third kappa shape index (κ3) is 2.72. The van der Waals surface area contributed by atoms with Gasteiger partial charge in [-0.15, -0.1) is 0 Å². The molecule has 6 rings (SSSR count). The molecule has 0 atom stereocenters. The second-order valence-electron chi connectivity index (χ2n) is 9.53. The molecule has 2 aliphatic rings. The molecule has 0 radical (unpaired) electrons. The molecule has 1 aliphatic heterocycles. The Morgan fingerprint density at radius 2 is 1.81 bits per heavy atom. The van der Waals surface area contributed by atoms with Crippen LogP contribution in [0.4, 0.5) is 0 Å². The Bertz CT molecular complexity index is 1380. The van der Waals surface area contributed by atoms with E-state index in [0.29, 0.717) is 5.92 Å². The summed E-state index contributed by atoms with van der Waals surface area (Å²) in [6, 6.07) is 13.4. The monoisotopic (exact) mass is 409 g/mol. The Morgan fingerprint density at radius 3 is 2.61 bits per heavy atom. The zero-order valence-electron chi connectivity index (χ0n) is 18.9. The molecule has 3 nitrogen and oxygen atoms in total. The Balaban J connectivity index is 1.69. The summed E-state index contributed by atoms with van der Waals surface area (Å²) in [6.07, 6.45) is 6.54. The second-order valence-corrected chi connectivity index (χ2v) is 9.53. The van der Waals surface area contributed by atoms with Gasteiger partial charge in [0.1, 0.15) is 18.3 Å². The number of aromatic nitrogens is 2. The number of nitrogens with zero attached hydrogens (tertiary/aromatic N) is 2. The zero-order chi connectivity index (χ0) is 21.3. The molecule has 0 spiro atoms. The summed E-state index contributed by atoms with van der Waals surface area (Å²) in [5, 5.41) is 2.45. The summed E-state index contributed by atoms with van der Waals surface area (Å²) in [5.41, 5.74) is 9.88. The van der Waals surface area contributed by atoms with Crippen LogP contribution in [0.25, 0.3) is 33.1 Å². The van der Waals surface area contributed by atoms with E-state index in [-0.39, 0.29) is 0 Å². The summed E-state index contributed by atoms with van der Waals surface area (Å²) in [4.78, 5) is 5.20. The number of para-hydroxylation sites is 1. The Kier molecular flexibility index (Phi) is 4.11. The highest BCUT2D eigenvalue weighted by molar-refractivity contribution is 6.05. The lowest BCUT2D eigenvalue weighted by Crippen LogP contribution is -2.34. The molecule has 2 heterocycles. The van der Waals surface area contributed by atoms with Crippen molar-refractivity contribution >= 4 is 21.8 Å². The van der Waals surface area contributed by atoms with Gasteiger partial charge in [-0.05, 0) is 73.2 Å². The molecule has 0 saturated heterocycles. The first-order valence-electron chi connectivity index (χ1n) is 11.6. The Morgan fingerprint density at radius 1 is 1.00 bits per heavy atom. The summed E-state index contributed by atoms with van der Waals surface area (Å²) >= 11 is 0. The minimum Gasteiger partial charge on any atom is -0.433 e. The summed E-state index contributed by atoms with van der Waals surface area (Å²) < 4.78 is 8.84. The van der Waals surface area contributed by atoms with Crippen molar-refractivity contribution in [3.05, 3.63) is 58.7 Å². The van der Waals surface area contributed by atoms with Crippen molar-refractivity contribution in [2.24, 2.45) is 7.05 Å². The zero-order valence-corrected chi connectivity index (χ0v) is 18.9. The molecule has 4 aromatic rings. The van der Waals surface area contributed by atoms with Crippen molar-refractivity contribution in [1.29, 1.82) is 0 Å². The number of benzene rings is 3. The molecule has 1 fully saturated rings. The Labute approximate surface area is 183 Å². The van der Waals surface area contributed by atoms with E-state index in [9.17, 15) is 0 Å². The third-order valence-corrected chi connectivity index (χ3v) is 7.51. The van der Waals surface area contributed by atoms with Gasteiger partial charge in [0.05, 0.1) is 5.56 Å².